The number of amides is 1. The molecule has 6 nitrogen and oxygen atoms in total. The van der Waals surface area contributed by atoms with Gasteiger partial charge in [0.25, 0.3) is 5.91 Å². The molecule has 122 valence electrons. The lowest BCUT2D eigenvalue weighted by atomic mass is 10.1. The highest BCUT2D eigenvalue weighted by Crippen LogP contribution is 2.34. The number of nitrogens with zero attached hydrogens (tertiary/aromatic N) is 1. The van der Waals surface area contributed by atoms with E-state index in [2.05, 4.69) is 10.3 Å². The molecule has 0 radical (unpaired) electrons. The molecule has 1 aliphatic heterocycles. The number of nitrogen functional groups attached to an aromatic ring is 1. The first-order valence-corrected chi connectivity index (χ1v) is 8.30. The third-order valence-corrected chi connectivity index (χ3v) is 4.60. The number of nitrogens with two attached hydrogens (primary N) is 1. The lowest BCUT2D eigenvalue weighted by molar-refractivity contribution is 0.101. The second kappa shape index (κ2) is 5.68. The highest BCUT2D eigenvalue weighted by atomic mass is 32.1. The molecule has 3 aromatic rings. The summed E-state index contributed by atoms with van der Waals surface area (Å²) in [5.41, 5.74) is 8.75. The number of para-hydroxylation sites is 1. The molecular formula is C17H15N3O3S. The summed E-state index contributed by atoms with van der Waals surface area (Å²) >= 11 is 1.40. The van der Waals surface area contributed by atoms with E-state index in [0.29, 0.717) is 41.1 Å². The fourth-order valence-electron chi connectivity index (χ4n) is 2.74. The first-order chi connectivity index (χ1) is 11.6. The summed E-state index contributed by atoms with van der Waals surface area (Å²) in [5, 5.41) is 3.43. The van der Waals surface area contributed by atoms with Gasteiger partial charge in [0.15, 0.2) is 16.6 Å². The number of fused-ring (bicyclic) bond motifs is 2. The van der Waals surface area contributed by atoms with E-state index in [-0.39, 0.29) is 5.91 Å². The van der Waals surface area contributed by atoms with Crippen LogP contribution in [0.3, 0.4) is 0 Å². The molecule has 3 N–H and O–H groups in total. The molecule has 0 unspecified atom stereocenters. The maximum atomic E-state index is 12.7. The van der Waals surface area contributed by atoms with Crippen molar-refractivity contribution >= 4 is 38.3 Å². The second-order valence-electron chi connectivity index (χ2n) is 5.48. The van der Waals surface area contributed by atoms with Gasteiger partial charge in [0, 0.05) is 5.69 Å². The molecule has 0 saturated heterocycles. The number of aryl methyl sites for hydroxylation is 1. The summed E-state index contributed by atoms with van der Waals surface area (Å²) in [6, 6.07) is 9.05. The average Bonchev–Trinajstić information content (AvgIpc) is 2.95. The number of thiazole rings is 1. The van der Waals surface area contributed by atoms with Gasteiger partial charge in [0.05, 0.1) is 15.8 Å². The van der Waals surface area contributed by atoms with Crippen LogP contribution in [0.2, 0.25) is 0 Å². The number of hydrogen-bond donors (Lipinski definition) is 2. The third-order valence-electron chi connectivity index (χ3n) is 3.77. The number of anilines is 2. The van der Waals surface area contributed by atoms with Crippen molar-refractivity contribution < 1.29 is 14.3 Å². The van der Waals surface area contributed by atoms with E-state index in [1.165, 1.54) is 11.3 Å². The van der Waals surface area contributed by atoms with Crippen molar-refractivity contribution in [3.8, 4) is 11.5 Å². The second-order valence-corrected chi connectivity index (χ2v) is 6.54. The van der Waals surface area contributed by atoms with Crippen molar-refractivity contribution in [3.05, 3.63) is 41.5 Å². The summed E-state index contributed by atoms with van der Waals surface area (Å²) in [7, 11) is 0. The highest BCUT2D eigenvalue weighted by Gasteiger charge is 2.20. The van der Waals surface area contributed by atoms with E-state index in [4.69, 9.17) is 15.2 Å². The number of carbonyl (C=O) groups is 1. The van der Waals surface area contributed by atoms with Crippen LogP contribution in [0.5, 0.6) is 11.5 Å². The third kappa shape index (κ3) is 2.52. The maximum Gasteiger partial charge on any atom is 0.259 e. The largest absolute Gasteiger partial charge is 0.486 e. The number of ether oxygens (including phenoxy) is 2. The first kappa shape index (κ1) is 14.8. The molecule has 4 rings (SSSR count). The Morgan fingerprint density at radius 1 is 1.29 bits per heavy atom. The Bertz CT molecular complexity index is 952. The van der Waals surface area contributed by atoms with E-state index in [9.17, 15) is 4.79 Å². The average molecular weight is 341 g/mol. The van der Waals surface area contributed by atoms with E-state index < -0.39 is 0 Å². The van der Waals surface area contributed by atoms with Gasteiger partial charge in [-0.3, -0.25) is 4.79 Å². The van der Waals surface area contributed by atoms with Gasteiger partial charge in [0.1, 0.15) is 13.2 Å². The fraction of sp³-hybridized carbons (Fsp3) is 0.176. The Kier molecular flexibility index (Phi) is 3.50. The summed E-state index contributed by atoms with van der Waals surface area (Å²) in [6.45, 7) is 2.86. The zero-order valence-electron chi connectivity index (χ0n) is 13.0. The Balaban J connectivity index is 1.67. The molecular weight excluding hydrogens is 326 g/mol. The summed E-state index contributed by atoms with van der Waals surface area (Å²) in [5.74, 6) is 0.838. The van der Waals surface area contributed by atoms with E-state index >= 15 is 0 Å². The van der Waals surface area contributed by atoms with Crippen LogP contribution in [0.25, 0.3) is 10.2 Å². The van der Waals surface area contributed by atoms with Crippen molar-refractivity contribution in [2.45, 2.75) is 6.92 Å². The van der Waals surface area contributed by atoms with Crippen LogP contribution in [0.4, 0.5) is 10.8 Å². The molecule has 1 amide bonds. The Morgan fingerprint density at radius 2 is 2.12 bits per heavy atom. The first-order valence-electron chi connectivity index (χ1n) is 7.48. The number of hydrogen-bond acceptors (Lipinski definition) is 6. The number of rotatable bonds is 2. The zero-order valence-corrected chi connectivity index (χ0v) is 13.8. The van der Waals surface area contributed by atoms with Crippen molar-refractivity contribution in [2.75, 3.05) is 24.3 Å². The van der Waals surface area contributed by atoms with Gasteiger partial charge in [-0.15, -0.1) is 0 Å². The van der Waals surface area contributed by atoms with E-state index in [0.717, 1.165) is 15.8 Å². The molecule has 7 heteroatoms. The van der Waals surface area contributed by atoms with Gasteiger partial charge in [-0.1, -0.05) is 17.4 Å². The summed E-state index contributed by atoms with van der Waals surface area (Å²) in [6.07, 6.45) is 0. The van der Waals surface area contributed by atoms with Gasteiger partial charge in [-0.05, 0) is 36.8 Å². The minimum atomic E-state index is -0.242. The molecule has 1 aromatic heterocycles. The number of carbonyl (C=O) groups excluding carboxylic acids is 1. The van der Waals surface area contributed by atoms with Gasteiger partial charge >= 0.3 is 0 Å². The van der Waals surface area contributed by atoms with Crippen LogP contribution in [0.15, 0.2) is 30.3 Å². The monoisotopic (exact) mass is 341 g/mol. The lowest BCUT2D eigenvalue weighted by Crippen LogP contribution is -2.20. The van der Waals surface area contributed by atoms with Gasteiger partial charge in [-0.25, -0.2) is 4.98 Å². The standard InChI is InChI=1S/C17H15N3O3S/c1-9-7-10(8-13-14(9)20-17(18)24-13)19-16(21)11-3-2-4-12-15(11)23-6-5-22-12/h2-4,7-8H,5-6H2,1H3,(H2,18,20)(H,19,21). The van der Waals surface area contributed by atoms with E-state index in [1.807, 2.05) is 19.1 Å². The molecule has 0 bridgehead atoms. The molecule has 0 spiro atoms. The SMILES string of the molecule is Cc1cc(NC(=O)c2cccc3c2OCCO3)cc2sc(N)nc12. The smallest absolute Gasteiger partial charge is 0.259 e. The topological polar surface area (TPSA) is 86.5 Å². The molecule has 0 fully saturated rings. The molecule has 24 heavy (non-hydrogen) atoms. The van der Waals surface area contributed by atoms with Crippen LogP contribution in [-0.2, 0) is 0 Å². The molecule has 0 atom stereocenters. The van der Waals surface area contributed by atoms with Gasteiger partial charge in [0.2, 0.25) is 0 Å². The summed E-state index contributed by atoms with van der Waals surface area (Å²) < 4.78 is 12.1. The van der Waals surface area contributed by atoms with Crippen molar-refractivity contribution in [3.63, 3.8) is 0 Å². The minimum absolute atomic E-state index is 0.242. The van der Waals surface area contributed by atoms with Gasteiger partial charge in [-0.2, -0.15) is 0 Å². The van der Waals surface area contributed by atoms with Crippen LogP contribution in [0.1, 0.15) is 15.9 Å². The van der Waals surface area contributed by atoms with E-state index in [1.54, 1.807) is 18.2 Å². The minimum Gasteiger partial charge on any atom is -0.486 e. The Labute approximate surface area is 142 Å². The predicted octanol–water partition coefficient (Wildman–Crippen LogP) is 3.21. The van der Waals surface area contributed by atoms with Crippen LogP contribution in [0, 0.1) is 6.92 Å². The quantitative estimate of drug-likeness (QED) is 0.747. The highest BCUT2D eigenvalue weighted by molar-refractivity contribution is 7.22. The Morgan fingerprint density at radius 3 is 3.00 bits per heavy atom. The normalized spacial score (nSPS) is 13.0. The fourth-order valence-corrected chi connectivity index (χ4v) is 3.59. The molecule has 2 heterocycles. The van der Waals surface area contributed by atoms with Crippen LogP contribution < -0.4 is 20.5 Å². The molecule has 2 aromatic carbocycles. The molecule has 0 saturated carbocycles. The zero-order chi connectivity index (χ0) is 16.7. The Hall–Kier alpha value is -2.80. The van der Waals surface area contributed by atoms with Crippen molar-refractivity contribution in [2.24, 2.45) is 0 Å². The number of aromatic nitrogens is 1. The van der Waals surface area contributed by atoms with Crippen LogP contribution in [-0.4, -0.2) is 24.1 Å². The molecule has 0 aliphatic carbocycles. The van der Waals surface area contributed by atoms with Crippen molar-refractivity contribution in [1.29, 1.82) is 0 Å². The maximum absolute atomic E-state index is 12.7. The lowest BCUT2D eigenvalue weighted by Gasteiger charge is -2.20. The number of benzene rings is 2. The number of nitrogens with one attached hydrogen (secondary N) is 1. The van der Waals surface area contributed by atoms with Gasteiger partial charge < -0.3 is 20.5 Å². The predicted molar refractivity (Wildman–Crippen MR) is 94.2 cm³/mol. The van der Waals surface area contributed by atoms with Crippen LogP contribution >= 0.6 is 11.3 Å². The van der Waals surface area contributed by atoms with Crippen molar-refractivity contribution in [1.82, 2.24) is 4.98 Å². The molecule has 1 aliphatic rings. The summed E-state index contributed by atoms with van der Waals surface area (Å²) in [4.78, 5) is 17.0.